The van der Waals surface area contributed by atoms with Crippen LogP contribution in [0.1, 0.15) is 13.8 Å². The van der Waals surface area contributed by atoms with Crippen LogP contribution in [0, 0.1) is 0 Å². The van der Waals surface area contributed by atoms with Crippen molar-refractivity contribution in [2.45, 2.75) is 13.8 Å². The third-order valence-corrected chi connectivity index (χ3v) is 2.97. The largest absolute Gasteiger partial charge is 0.495 e. The van der Waals surface area contributed by atoms with E-state index in [1.54, 1.807) is 19.2 Å². The first-order valence-electron chi connectivity index (χ1n) is 3.84. The van der Waals surface area contributed by atoms with Gasteiger partial charge in [-0.15, -0.1) is 0 Å². The minimum absolute atomic E-state index is 0.434. The van der Waals surface area contributed by atoms with Gasteiger partial charge in [0.2, 0.25) is 0 Å². The van der Waals surface area contributed by atoms with Crippen LogP contribution in [0.5, 0.6) is 5.75 Å². The maximum Gasteiger partial charge on any atom is 0.139 e. The van der Waals surface area contributed by atoms with Gasteiger partial charge < -0.3 is 4.74 Å². The van der Waals surface area contributed by atoms with Gasteiger partial charge in [0.1, 0.15) is 10.8 Å². The molecule has 74 valence electrons. The van der Waals surface area contributed by atoms with E-state index in [0.717, 1.165) is 4.47 Å². The summed E-state index contributed by atoms with van der Waals surface area (Å²) in [6.45, 7) is 4.00. The summed E-state index contributed by atoms with van der Waals surface area (Å²) in [6, 6.07) is 3.53. The Labute approximate surface area is 97.1 Å². The Morgan fingerprint density at radius 3 is 2.15 bits per heavy atom. The van der Waals surface area contributed by atoms with Gasteiger partial charge in [0.05, 0.1) is 12.1 Å². The van der Waals surface area contributed by atoms with Crippen molar-refractivity contribution >= 4 is 39.1 Å². The molecule has 0 N–H and O–H groups in total. The van der Waals surface area contributed by atoms with Crippen LogP contribution in [-0.2, 0) is 0 Å². The highest BCUT2D eigenvalue weighted by Crippen LogP contribution is 2.36. The first-order chi connectivity index (χ1) is 6.16. The molecule has 0 aliphatic rings. The number of hydrogen-bond acceptors (Lipinski definition) is 1. The minimum atomic E-state index is 0.434. The van der Waals surface area contributed by atoms with Gasteiger partial charge in [-0.05, 0) is 28.1 Å². The second-order valence-corrected chi connectivity index (χ2v) is 3.49. The highest BCUT2D eigenvalue weighted by atomic mass is 79.9. The fourth-order valence-corrected chi connectivity index (χ4v) is 1.51. The Kier molecular flexibility index (Phi) is 6.56. The van der Waals surface area contributed by atoms with Crippen molar-refractivity contribution in [2.24, 2.45) is 0 Å². The third-order valence-electron chi connectivity index (χ3n) is 1.22. The molecule has 0 bridgehead atoms. The number of halogens is 3. The summed E-state index contributed by atoms with van der Waals surface area (Å²) in [5.41, 5.74) is 0. The smallest absolute Gasteiger partial charge is 0.139 e. The van der Waals surface area contributed by atoms with Gasteiger partial charge in [0.25, 0.3) is 0 Å². The number of benzene rings is 1. The van der Waals surface area contributed by atoms with E-state index in [1.807, 2.05) is 13.8 Å². The summed E-state index contributed by atoms with van der Waals surface area (Å²) < 4.78 is 5.71. The summed E-state index contributed by atoms with van der Waals surface area (Å²) in [5, 5.41) is 0.912. The Hall–Kier alpha value is 0.0800. The van der Waals surface area contributed by atoms with Crippen molar-refractivity contribution in [1.29, 1.82) is 0 Å². The average Bonchev–Trinajstić information content (AvgIpc) is 2.18. The van der Waals surface area contributed by atoms with Crippen LogP contribution < -0.4 is 4.74 Å². The van der Waals surface area contributed by atoms with E-state index in [0.29, 0.717) is 15.8 Å². The van der Waals surface area contributed by atoms with Crippen LogP contribution in [-0.4, -0.2) is 7.11 Å². The van der Waals surface area contributed by atoms with Crippen molar-refractivity contribution in [1.82, 2.24) is 0 Å². The molecule has 0 saturated carbocycles. The minimum Gasteiger partial charge on any atom is -0.495 e. The lowest BCUT2D eigenvalue weighted by Crippen LogP contribution is -1.84. The standard InChI is InChI=1S/C7H5BrCl2O.C2H6/c1-11-5-3-2-4(8)6(9)7(5)10;1-2/h2-3H,1H3;1-2H3. The van der Waals surface area contributed by atoms with Crippen molar-refractivity contribution in [3.63, 3.8) is 0 Å². The fourth-order valence-electron chi connectivity index (χ4n) is 0.666. The first-order valence-corrected chi connectivity index (χ1v) is 5.39. The quantitative estimate of drug-likeness (QED) is 0.674. The van der Waals surface area contributed by atoms with E-state index in [4.69, 9.17) is 27.9 Å². The second kappa shape index (κ2) is 6.52. The Morgan fingerprint density at radius 1 is 1.15 bits per heavy atom. The summed E-state index contributed by atoms with van der Waals surface area (Å²) in [5.74, 6) is 0.583. The molecular weight excluding hydrogens is 275 g/mol. The van der Waals surface area contributed by atoms with Gasteiger partial charge in [-0.25, -0.2) is 0 Å². The monoisotopic (exact) mass is 284 g/mol. The van der Waals surface area contributed by atoms with Crippen molar-refractivity contribution in [2.75, 3.05) is 7.11 Å². The molecule has 1 nitrogen and oxygen atoms in total. The molecule has 0 aliphatic carbocycles. The number of ether oxygens (including phenoxy) is 1. The van der Waals surface area contributed by atoms with Crippen molar-refractivity contribution < 1.29 is 4.74 Å². The molecular formula is C9H11BrCl2O. The fraction of sp³-hybridized carbons (Fsp3) is 0.333. The van der Waals surface area contributed by atoms with E-state index in [-0.39, 0.29) is 0 Å². The zero-order valence-electron chi connectivity index (χ0n) is 7.70. The topological polar surface area (TPSA) is 9.23 Å². The summed E-state index contributed by atoms with van der Waals surface area (Å²) in [7, 11) is 1.55. The third kappa shape index (κ3) is 3.37. The second-order valence-electron chi connectivity index (χ2n) is 1.88. The molecule has 0 saturated heterocycles. The normalized spacial score (nSPS) is 8.77. The molecule has 13 heavy (non-hydrogen) atoms. The Bertz CT molecular complexity index is 277. The molecule has 1 aromatic rings. The molecule has 0 amide bonds. The van der Waals surface area contributed by atoms with Crippen LogP contribution in [0.4, 0.5) is 0 Å². The van der Waals surface area contributed by atoms with E-state index in [1.165, 1.54) is 0 Å². The van der Waals surface area contributed by atoms with Gasteiger partial charge in [-0.1, -0.05) is 37.0 Å². The van der Waals surface area contributed by atoms with E-state index in [2.05, 4.69) is 15.9 Å². The van der Waals surface area contributed by atoms with E-state index in [9.17, 15) is 0 Å². The molecule has 0 spiro atoms. The van der Waals surface area contributed by atoms with Gasteiger partial charge in [0.15, 0.2) is 0 Å². The zero-order valence-corrected chi connectivity index (χ0v) is 10.8. The predicted molar refractivity (Wildman–Crippen MR) is 62.1 cm³/mol. The Balaban J connectivity index is 0.000000671. The lowest BCUT2D eigenvalue weighted by Gasteiger charge is -2.04. The van der Waals surface area contributed by atoms with Crippen LogP contribution >= 0.6 is 39.1 Å². The maximum atomic E-state index is 5.81. The van der Waals surface area contributed by atoms with Crippen LogP contribution in [0.2, 0.25) is 10.0 Å². The number of rotatable bonds is 1. The van der Waals surface area contributed by atoms with E-state index < -0.39 is 0 Å². The number of hydrogen-bond donors (Lipinski definition) is 0. The van der Waals surface area contributed by atoms with Crippen molar-refractivity contribution in [3.05, 3.63) is 26.7 Å². The van der Waals surface area contributed by atoms with Crippen LogP contribution in [0.25, 0.3) is 0 Å². The molecule has 0 atom stereocenters. The molecule has 1 aromatic carbocycles. The molecule has 0 fully saturated rings. The van der Waals surface area contributed by atoms with Crippen molar-refractivity contribution in [3.8, 4) is 5.75 Å². The molecule has 0 radical (unpaired) electrons. The summed E-state index contributed by atoms with van der Waals surface area (Å²) >= 11 is 14.9. The molecule has 0 aromatic heterocycles. The summed E-state index contributed by atoms with van der Waals surface area (Å²) in [6.07, 6.45) is 0. The number of methoxy groups -OCH3 is 1. The van der Waals surface area contributed by atoms with Gasteiger partial charge in [0, 0.05) is 4.47 Å². The molecule has 0 heterocycles. The molecule has 0 aliphatic heterocycles. The van der Waals surface area contributed by atoms with Crippen LogP contribution in [0.15, 0.2) is 16.6 Å². The van der Waals surface area contributed by atoms with Gasteiger partial charge in [-0.2, -0.15) is 0 Å². The lowest BCUT2D eigenvalue weighted by atomic mass is 10.3. The molecule has 4 heteroatoms. The maximum absolute atomic E-state index is 5.81. The highest BCUT2D eigenvalue weighted by Gasteiger charge is 2.07. The SMILES string of the molecule is CC.COc1ccc(Br)c(Cl)c1Cl. The van der Waals surface area contributed by atoms with Crippen LogP contribution in [0.3, 0.4) is 0 Å². The van der Waals surface area contributed by atoms with E-state index >= 15 is 0 Å². The zero-order chi connectivity index (χ0) is 10.4. The first kappa shape index (κ1) is 13.1. The molecule has 1 rings (SSSR count). The molecule has 0 unspecified atom stereocenters. The lowest BCUT2D eigenvalue weighted by molar-refractivity contribution is 0.415. The average molecular weight is 286 g/mol. The predicted octanol–water partition coefficient (Wildman–Crippen LogP) is 4.79. The highest BCUT2D eigenvalue weighted by molar-refractivity contribution is 9.10. The van der Waals surface area contributed by atoms with Gasteiger partial charge >= 0.3 is 0 Å². The summed E-state index contributed by atoms with van der Waals surface area (Å²) in [4.78, 5) is 0. The van der Waals surface area contributed by atoms with Gasteiger partial charge in [-0.3, -0.25) is 0 Å². The Morgan fingerprint density at radius 2 is 1.69 bits per heavy atom.